The van der Waals surface area contributed by atoms with E-state index in [1.54, 1.807) is 0 Å². The number of para-hydroxylation sites is 1. The summed E-state index contributed by atoms with van der Waals surface area (Å²) in [6, 6.07) is 26.7. The van der Waals surface area contributed by atoms with Crippen LogP contribution in [0.1, 0.15) is 46.4 Å². The van der Waals surface area contributed by atoms with Gasteiger partial charge in [0.1, 0.15) is 0 Å². The van der Waals surface area contributed by atoms with Crippen molar-refractivity contribution < 1.29 is 4.79 Å². The van der Waals surface area contributed by atoms with Crippen LogP contribution >= 0.6 is 0 Å². The van der Waals surface area contributed by atoms with Crippen LogP contribution in [0.25, 0.3) is 0 Å². The minimum Gasteiger partial charge on any atom is -0.367 e. The highest BCUT2D eigenvalue weighted by Gasteiger charge is 2.17. The Hall–Kier alpha value is -3.07. The summed E-state index contributed by atoms with van der Waals surface area (Å²) in [6.07, 6.45) is 2.35. The second-order valence-electron chi connectivity index (χ2n) is 7.46. The first-order chi connectivity index (χ1) is 13.7. The van der Waals surface area contributed by atoms with Gasteiger partial charge in [-0.1, -0.05) is 60.7 Å². The zero-order valence-electron chi connectivity index (χ0n) is 16.3. The highest BCUT2D eigenvalue weighted by atomic mass is 16.1. The second-order valence-corrected chi connectivity index (χ2v) is 7.46. The van der Waals surface area contributed by atoms with Gasteiger partial charge in [-0.2, -0.15) is 0 Å². The van der Waals surface area contributed by atoms with Gasteiger partial charge in [-0.15, -0.1) is 0 Å². The van der Waals surface area contributed by atoms with Crippen molar-refractivity contribution >= 4 is 11.6 Å². The Labute approximate surface area is 167 Å². The molecular weight excluding hydrogens is 344 g/mol. The zero-order valence-corrected chi connectivity index (χ0v) is 16.3. The van der Waals surface area contributed by atoms with Gasteiger partial charge >= 0.3 is 0 Å². The lowest BCUT2D eigenvalue weighted by molar-refractivity contribution is 0.0940. The molecule has 1 atom stereocenters. The number of hydrogen-bond donors (Lipinski definition) is 1. The first kappa shape index (κ1) is 18.3. The van der Waals surface area contributed by atoms with Crippen molar-refractivity contribution in [3.63, 3.8) is 0 Å². The Kier molecular flexibility index (Phi) is 5.43. The molecular formula is C25H26N2O. The predicted octanol–water partition coefficient (Wildman–Crippen LogP) is 5.13. The molecule has 1 amide bonds. The summed E-state index contributed by atoms with van der Waals surface area (Å²) in [4.78, 5) is 15.0. The smallest absolute Gasteiger partial charge is 0.251 e. The zero-order chi connectivity index (χ0) is 19.3. The van der Waals surface area contributed by atoms with Gasteiger partial charge in [0.05, 0.1) is 6.04 Å². The number of hydrogen-bond acceptors (Lipinski definition) is 2. The summed E-state index contributed by atoms with van der Waals surface area (Å²) >= 11 is 0. The summed E-state index contributed by atoms with van der Waals surface area (Å²) in [6.45, 7) is 3.96. The average Bonchev–Trinajstić information content (AvgIpc) is 2.75. The van der Waals surface area contributed by atoms with Crippen LogP contribution in [0.15, 0.2) is 78.9 Å². The molecule has 0 saturated carbocycles. The maximum absolute atomic E-state index is 12.6. The lowest BCUT2D eigenvalue weighted by atomic mass is 10.0. The van der Waals surface area contributed by atoms with E-state index in [1.165, 1.54) is 23.2 Å². The molecule has 3 heteroatoms. The SMILES string of the molecule is C[C@@H](NC(=O)c1ccc(CN2CCCc3ccccc32)cc1)c1ccccc1. The fourth-order valence-corrected chi connectivity index (χ4v) is 3.86. The number of carbonyl (C=O) groups excluding carboxylic acids is 1. The predicted molar refractivity (Wildman–Crippen MR) is 115 cm³/mol. The minimum absolute atomic E-state index is 0.0155. The number of nitrogens with one attached hydrogen (secondary N) is 1. The summed E-state index contributed by atoms with van der Waals surface area (Å²) in [5.41, 5.74) is 5.80. The molecule has 0 aliphatic carbocycles. The summed E-state index contributed by atoms with van der Waals surface area (Å²) in [5, 5.41) is 3.08. The molecule has 0 aromatic heterocycles. The van der Waals surface area contributed by atoms with E-state index >= 15 is 0 Å². The number of nitrogens with zero attached hydrogens (tertiary/aromatic N) is 1. The lowest BCUT2D eigenvalue weighted by Crippen LogP contribution is -2.29. The number of benzene rings is 3. The van der Waals surface area contributed by atoms with Crippen LogP contribution in [0.4, 0.5) is 5.69 Å². The second kappa shape index (κ2) is 8.30. The van der Waals surface area contributed by atoms with E-state index in [2.05, 4.69) is 46.6 Å². The molecule has 3 aromatic carbocycles. The summed E-state index contributed by atoms with van der Waals surface area (Å²) < 4.78 is 0. The minimum atomic E-state index is -0.0359. The molecule has 3 nitrogen and oxygen atoms in total. The number of rotatable bonds is 5. The summed E-state index contributed by atoms with van der Waals surface area (Å²) in [7, 11) is 0. The monoisotopic (exact) mass is 370 g/mol. The Morgan fingerprint density at radius 1 is 0.964 bits per heavy atom. The van der Waals surface area contributed by atoms with Crippen LogP contribution in [-0.4, -0.2) is 12.5 Å². The van der Waals surface area contributed by atoms with Gasteiger partial charge in [0.2, 0.25) is 0 Å². The fraction of sp³-hybridized carbons (Fsp3) is 0.240. The van der Waals surface area contributed by atoms with Gasteiger partial charge in [0.25, 0.3) is 5.91 Å². The molecule has 28 heavy (non-hydrogen) atoms. The van der Waals surface area contributed by atoms with Crippen LogP contribution in [0.2, 0.25) is 0 Å². The van der Waals surface area contributed by atoms with Crippen LogP contribution in [0, 0.1) is 0 Å². The standard InChI is InChI=1S/C25H26N2O/c1-19(21-8-3-2-4-9-21)26-25(28)23-15-13-20(14-16-23)18-27-17-7-11-22-10-5-6-12-24(22)27/h2-6,8-10,12-16,19H,7,11,17-18H2,1H3,(H,26,28)/t19-/m1/s1. The molecule has 0 spiro atoms. The van der Waals surface area contributed by atoms with Gasteiger partial charge < -0.3 is 10.2 Å². The molecule has 0 saturated heterocycles. The quantitative estimate of drug-likeness (QED) is 0.675. The number of amides is 1. The van der Waals surface area contributed by atoms with Gasteiger partial charge in [0.15, 0.2) is 0 Å². The molecule has 1 aliphatic rings. The van der Waals surface area contributed by atoms with Crippen molar-refractivity contribution in [2.45, 2.75) is 32.4 Å². The van der Waals surface area contributed by atoms with Crippen molar-refractivity contribution in [1.29, 1.82) is 0 Å². The topological polar surface area (TPSA) is 32.3 Å². The molecule has 0 unspecified atom stereocenters. The van der Waals surface area contributed by atoms with Crippen LogP contribution in [0.3, 0.4) is 0 Å². The Bertz CT molecular complexity index is 934. The maximum atomic E-state index is 12.6. The van der Waals surface area contributed by atoms with Gasteiger partial charge in [-0.3, -0.25) is 4.79 Å². The highest BCUT2D eigenvalue weighted by molar-refractivity contribution is 5.94. The van der Waals surface area contributed by atoms with Crippen LogP contribution in [0.5, 0.6) is 0 Å². The fourth-order valence-electron chi connectivity index (χ4n) is 3.86. The third-order valence-electron chi connectivity index (χ3n) is 5.44. The third kappa shape index (κ3) is 4.09. The van der Waals surface area contributed by atoms with Crippen molar-refractivity contribution in [3.8, 4) is 0 Å². The van der Waals surface area contributed by atoms with Crippen LogP contribution < -0.4 is 10.2 Å². The largest absolute Gasteiger partial charge is 0.367 e. The maximum Gasteiger partial charge on any atom is 0.251 e. The van der Waals surface area contributed by atoms with E-state index in [1.807, 2.05) is 49.4 Å². The molecule has 1 aliphatic heterocycles. The average molecular weight is 370 g/mol. The number of aryl methyl sites for hydroxylation is 1. The molecule has 1 heterocycles. The van der Waals surface area contributed by atoms with Crippen molar-refractivity contribution in [2.75, 3.05) is 11.4 Å². The van der Waals surface area contributed by atoms with E-state index < -0.39 is 0 Å². The van der Waals surface area contributed by atoms with Crippen molar-refractivity contribution in [2.24, 2.45) is 0 Å². The summed E-state index contributed by atoms with van der Waals surface area (Å²) in [5.74, 6) is -0.0359. The van der Waals surface area contributed by atoms with Gasteiger partial charge in [-0.05, 0) is 54.7 Å². The molecule has 0 bridgehead atoms. The Morgan fingerprint density at radius 3 is 2.46 bits per heavy atom. The lowest BCUT2D eigenvalue weighted by Gasteiger charge is -2.31. The molecule has 3 aromatic rings. The molecule has 0 radical (unpaired) electrons. The van der Waals surface area contributed by atoms with Crippen LogP contribution in [-0.2, 0) is 13.0 Å². The number of fused-ring (bicyclic) bond motifs is 1. The third-order valence-corrected chi connectivity index (χ3v) is 5.44. The van der Waals surface area contributed by atoms with Crippen molar-refractivity contribution in [3.05, 3.63) is 101 Å². The van der Waals surface area contributed by atoms with Gasteiger partial charge in [-0.25, -0.2) is 0 Å². The molecule has 1 N–H and O–H groups in total. The molecule has 0 fully saturated rings. The molecule has 142 valence electrons. The highest BCUT2D eigenvalue weighted by Crippen LogP contribution is 2.28. The van der Waals surface area contributed by atoms with Crippen molar-refractivity contribution in [1.82, 2.24) is 5.32 Å². The van der Waals surface area contributed by atoms with Gasteiger partial charge in [0, 0.05) is 24.3 Å². The first-order valence-corrected chi connectivity index (χ1v) is 9.98. The van der Waals surface area contributed by atoms with E-state index in [0.717, 1.165) is 25.1 Å². The normalized spacial score (nSPS) is 14.2. The number of anilines is 1. The van der Waals surface area contributed by atoms with E-state index in [9.17, 15) is 4.79 Å². The molecule has 4 rings (SSSR count). The van der Waals surface area contributed by atoms with E-state index in [0.29, 0.717) is 5.56 Å². The first-order valence-electron chi connectivity index (χ1n) is 9.98. The Balaban J connectivity index is 1.41. The number of carbonyl (C=O) groups is 1. The van der Waals surface area contributed by atoms with E-state index in [-0.39, 0.29) is 11.9 Å². The Morgan fingerprint density at radius 2 is 1.68 bits per heavy atom. The van der Waals surface area contributed by atoms with E-state index in [4.69, 9.17) is 0 Å².